The van der Waals surface area contributed by atoms with E-state index in [1.165, 1.54) is 7.11 Å². The Kier molecular flexibility index (Phi) is 6.86. The van der Waals surface area contributed by atoms with Gasteiger partial charge in [0.1, 0.15) is 6.04 Å². The first-order chi connectivity index (χ1) is 7.02. The monoisotopic (exact) mass is 236 g/mol. The molecule has 88 valence electrons. The minimum Gasteiger partial charge on any atom is -0.467 e. The lowest BCUT2D eigenvalue weighted by molar-refractivity contribution is -0.143. The topological polar surface area (TPSA) is 67.4 Å². The average molecular weight is 237 g/mol. The first-order valence-corrected chi connectivity index (χ1v) is 5.24. The Morgan fingerprint density at radius 2 is 2.00 bits per heavy atom. The molecular formula is C9H17ClN2O3. The largest absolute Gasteiger partial charge is 0.467 e. The Labute approximate surface area is 94.5 Å². The van der Waals surface area contributed by atoms with Gasteiger partial charge in [-0.1, -0.05) is 13.8 Å². The minimum atomic E-state index is -0.634. The first kappa shape index (κ1) is 14.0. The van der Waals surface area contributed by atoms with E-state index in [-0.39, 0.29) is 5.92 Å². The van der Waals surface area contributed by atoms with Crippen LogP contribution in [0.3, 0.4) is 0 Å². The van der Waals surface area contributed by atoms with Gasteiger partial charge in [-0.3, -0.25) is 0 Å². The number of nitrogens with one attached hydrogen (secondary N) is 2. The van der Waals surface area contributed by atoms with E-state index in [0.29, 0.717) is 12.4 Å². The average Bonchev–Trinajstić information content (AvgIpc) is 2.21. The van der Waals surface area contributed by atoms with Gasteiger partial charge in [-0.15, -0.1) is 11.6 Å². The number of carbonyl (C=O) groups is 2. The van der Waals surface area contributed by atoms with Crippen LogP contribution in [-0.4, -0.2) is 37.6 Å². The summed E-state index contributed by atoms with van der Waals surface area (Å²) in [6.07, 6.45) is 0. The van der Waals surface area contributed by atoms with Crippen LogP contribution in [0.5, 0.6) is 0 Å². The van der Waals surface area contributed by atoms with Crippen molar-refractivity contribution < 1.29 is 14.3 Å². The maximum Gasteiger partial charge on any atom is 0.328 e. The van der Waals surface area contributed by atoms with Gasteiger partial charge in [0.25, 0.3) is 0 Å². The number of hydrogen-bond donors (Lipinski definition) is 2. The van der Waals surface area contributed by atoms with Crippen molar-refractivity contribution >= 4 is 23.6 Å². The van der Waals surface area contributed by atoms with Crippen LogP contribution < -0.4 is 10.6 Å². The van der Waals surface area contributed by atoms with Crippen molar-refractivity contribution in [3.05, 3.63) is 0 Å². The molecule has 0 heterocycles. The van der Waals surface area contributed by atoms with Crippen LogP contribution in [0.1, 0.15) is 13.8 Å². The quantitative estimate of drug-likeness (QED) is 0.546. The molecule has 0 saturated carbocycles. The number of alkyl halides is 1. The van der Waals surface area contributed by atoms with Crippen molar-refractivity contribution in [3.63, 3.8) is 0 Å². The van der Waals surface area contributed by atoms with Crippen molar-refractivity contribution in [3.8, 4) is 0 Å². The van der Waals surface area contributed by atoms with Crippen LogP contribution in [-0.2, 0) is 9.53 Å². The van der Waals surface area contributed by atoms with E-state index in [1.54, 1.807) is 0 Å². The van der Waals surface area contributed by atoms with E-state index < -0.39 is 18.0 Å². The summed E-state index contributed by atoms with van der Waals surface area (Å²) in [4.78, 5) is 22.5. The molecule has 0 spiro atoms. The SMILES string of the molecule is COC(=O)[C@@H](NC(=O)NCCCl)C(C)C. The highest BCUT2D eigenvalue weighted by atomic mass is 35.5. The van der Waals surface area contributed by atoms with Crippen LogP contribution in [0.2, 0.25) is 0 Å². The van der Waals surface area contributed by atoms with Crippen molar-refractivity contribution in [1.29, 1.82) is 0 Å². The van der Waals surface area contributed by atoms with Crippen LogP contribution in [0, 0.1) is 5.92 Å². The summed E-state index contributed by atoms with van der Waals surface area (Å²) in [7, 11) is 1.29. The third-order valence-corrected chi connectivity index (χ3v) is 1.98. The van der Waals surface area contributed by atoms with Crippen molar-refractivity contribution in [2.75, 3.05) is 19.5 Å². The van der Waals surface area contributed by atoms with Gasteiger partial charge in [0.15, 0.2) is 0 Å². The highest BCUT2D eigenvalue weighted by Crippen LogP contribution is 2.02. The maximum absolute atomic E-state index is 11.3. The lowest BCUT2D eigenvalue weighted by Gasteiger charge is -2.19. The molecule has 0 aromatic rings. The Balaban J connectivity index is 4.17. The number of rotatable bonds is 5. The third kappa shape index (κ3) is 5.47. The number of esters is 1. The molecule has 0 saturated heterocycles. The zero-order chi connectivity index (χ0) is 11.8. The van der Waals surface area contributed by atoms with E-state index >= 15 is 0 Å². The lowest BCUT2D eigenvalue weighted by atomic mass is 10.1. The molecule has 0 bridgehead atoms. The second-order valence-electron chi connectivity index (χ2n) is 3.33. The predicted molar refractivity (Wildman–Crippen MR) is 57.9 cm³/mol. The number of hydrogen-bond acceptors (Lipinski definition) is 3. The highest BCUT2D eigenvalue weighted by molar-refractivity contribution is 6.18. The fourth-order valence-electron chi connectivity index (χ4n) is 0.978. The van der Waals surface area contributed by atoms with Gasteiger partial charge in [-0.05, 0) is 5.92 Å². The van der Waals surface area contributed by atoms with Crippen LogP contribution in [0.4, 0.5) is 4.79 Å². The molecule has 1 atom stereocenters. The van der Waals surface area contributed by atoms with Crippen LogP contribution in [0.25, 0.3) is 0 Å². The second kappa shape index (κ2) is 7.34. The molecule has 0 aliphatic carbocycles. The molecule has 0 unspecified atom stereocenters. The highest BCUT2D eigenvalue weighted by Gasteiger charge is 2.24. The zero-order valence-corrected chi connectivity index (χ0v) is 9.93. The summed E-state index contributed by atoms with van der Waals surface area (Å²) < 4.78 is 4.57. The van der Waals surface area contributed by atoms with Crippen LogP contribution in [0.15, 0.2) is 0 Å². The Morgan fingerprint density at radius 1 is 1.40 bits per heavy atom. The fourth-order valence-corrected chi connectivity index (χ4v) is 1.07. The van der Waals surface area contributed by atoms with Gasteiger partial charge in [-0.2, -0.15) is 0 Å². The summed E-state index contributed by atoms with van der Waals surface area (Å²) in [5.41, 5.74) is 0. The standard InChI is InChI=1S/C9H17ClN2O3/c1-6(2)7(8(13)15-3)12-9(14)11-5-4-10/h6-7H,4-5H2,1-3H3,(H2,11,12,14)/t7-/m0/s1. The number of methoxy groups -OCH3 is 1. The molecular weight excluding hydrogens is 220 g/mol. The summed E-state index contributed by atoms with van der Waals surface area (Å²) >= 11 is 5.40. The zero-order valence-electron chi connectivity index (χ0n) is 9.17. The number of halogens is 1. The maximum atomic E-state index is 11.3. The normalized spacial score (nSPS) is 12.1. The number of amides is 2. The van der Waals surface area contributed by atoms with Gasteiger partial charge in [0.2, 0.25) is 0 Å². The molecule has 5 nitrogen and oxygen atoms in total. The van der Waals surface area contributed by atoms with E-state index in [1.807, 2.05) is 13.8 Å². The van der Waals surface area contributed by atoms with Crippen LogP contribution >= 0.6 is 11.6 Å². The molecule has 0 rings (SSSR count). The van der Waals surface area contributed by atoms with Gasteiger partial charge < -0.3 is 15.4 Å². The van der Waals surface area contributed by atoms with Gasteiger partial charge in [0, 0.05) is 12.4 Å². The lowest BCUT2D eigenvalue weighted by Crippen LogP contribution is -2.49. The summed E-state index contributed by atoms with van der Waals surface area (Å²) in [5.74, 6) is -0.150. The van der Waals surface area contributed by atoms with E-state index in [9.17, 15) is 9.59 Å². The van der Waals surface area contributed by atoms with Gasteiger partial charge in [-0.25, -0.2) is 9.59 Å². The predicted octanol–water partition coefficient (Wildman–Crippen LogP) is 0.722. The summed E-state index contributed by atoms with van der Waals surface area (Å²) in [6.45, 7) is 4.01. The molecule has 15 heavy (non-hydrogen) atoms. The number of ether oxygens (including phenoxy) is 1. The Morgan fingerprint density at radius 3 is 2.40 bits per heavy atom. The van der Waals surface area contributed by atoms with Crippen molar-refractivity contribution in [2.24, 2.45) is 5.92 Å². The van der Waals surface area contributed by atoms with Gasteiger partial charge in [0.05, 0.1) is 7.11 Å². The molecule has 0 aliphatic heterocycles. The molecule has 0 radical (unpaired) electrons. The first-order valence-electron chi connectivity index (χ1n) is 4.71. The molecule has 0 aliphatic rings. The molecule has 2 amide bonds. The Hall–Kier alpha value is -0.970. The molecule has 0 fully saturated rings. The van der Waals surface area contributed by atoms with E-state index in [4.69, 9.17) is 11.6 Å². The number of carbonyl (C=O) groups excluding carboxylic acids is 2. The summed E-state index contributed by atoms with van der Waals surface area (Å²) in [6, 6.07) is -1.05. The number of urea groups is 1. The second-order valence-corrected chi connectivity index (χ2v) is 3.71. The Bertz CT molecular complexity index is 221. The minimum absolute atomic E-state index is 0.0285. The van der Waals surface area contributed by atoms with Gasteiger partial charge >= 0.3 is 12.0 Å². The molecule has 0 aromatic heterocycles. The third-order valence-electron chi connectivity index (χ3n) is 1.79. The molecule has 6 heteroatoms. The smallest absolute Gasteiger partial charge is 0.328 e. The van der Waals surface area contributed by atoms with E-state index in [0.717, 1.165) is 0 Å². The molecule has 2 N–H and O–H groups in total. The molecule has 0 aromatic carbocycles. The fraction of sp³-hybridized carbons (Fsp3) is 0.778. The van der Waals surface area contributed by atoms with Crippen molar-refractivity contribution in [2.45, 2.75) is 19.9 Å². The van der Waals surface area contributed by atoms with Crippen molar-refractivity contribution in [1.82, 2.24) is 10.6 Å². The summed E-state index contributed by atoms with van der Waals surface area (Å²) in [5, 5.41) is 5.03. The van der Waals surface area contributed by atoms with E-state index in [2.05, 4.69) is 15.4 Å².